The number of hydrogen-bond acceptors (Lipinski definition) is 5. The lowest BCUT2D eigenvalue weighted by molar-refractivity contribution is -0.385. The molecule has 8 heteroatoms. The number of nitrogens with one attached hydrogen (secondary N) is 1. The maximum Gasteiger partial charge on any atom is 0.311 e. The first-order valence-electron chi connectivity index (χ1n) is 7.40. The fraction of sp³-hybridized carbons (Fsp3) is 0.235. The van der Waals surface area contributed by atoms with Crippen LogP contribution in [-0.4, -0.2) is 23.7 Å². The standard InChI is InChI=1S/C17H17FN2O4S/c1-24-16-7-6-12(8-15(16)20(22)23)10-25-11-17(21)19-9-13-4-2-3-5-14(13)18/h2-8H,9-11H2,1H3,(H,19,21). The van der Waals surface area contributed by atoms with Crippen molar-refractivity contribution in [3.63, 3.8) is 0 Å². The number of carbonyl (C=O) groups excluding carboxylic acids is 1. The molecule has 0 bridgehead atoms. The molecule has 0 radical (unpaired) electrons. The van der Waals surface area contributed by atoms with E-state index in [2.05, 4.69) is 5.32 Å². The summed E-state index contributed by atoms with van der Waals surface area (Å²) < 4.78 is 18.4. The smallest absolute Gasteiger partial charge is 0.311 e. The van der Waals surface area contributed by atoms with Crippen molar-refractivity contribution >= 4 is 23.4 Å². The first-order valence-corrected chi connectivity index (χ1v) is 8.56. The fourth-order valence-corrected chi connectivity index (χ4v) is 2.92. The third-order valence-electron chi connectivity index (χ3n) is 3.38. The molecule has 2 aromatic rings. The molecule has 25 heavy (non-hydrogen) atoms. The Labute approximate surface area is 148 Å². The van der Waals surface area contributed by atoms with Crippen LogP contribution in [0.2, 0.25) is 0 Å². The number of hydrogen-bond donors (Lipinski definition) is 1. The van der Waals surface area contributed by atoms with Gasteiger partial charge in [0.25, 0.3) is 0 Å². The molecule has 0 atom stereocenters. The summed E-state index contributed by atoms with van der Waals surface area (Å²) in [5.74, 6) is 0.227. The predicted octanol–water partition coefficient (Wildman–Crippen LogP) is 3.29. The van der Waals surface area contributed by atoms with Crippen molar-refractivity contribution in [1.82, 2.24) is 5.32 Å². The topological polar surface area (TPSA) is 81.5 Å². The maximum atomic E-state index is 13.5. The Kier molecular flexibility index (Phi) is 6.76. The highest BCUT2D eigenvalue weighted by atomic mass is 32.2. The highest BCUT2D eigenvalue weighted by molar-refractivity contribution is 7.99. The molecule has 0 aliphatic carbocycles. The number of thioether (sulfide) groups is 1. The molecule has 0 saturated heterocycles. The van der Waals surface area contributed by atoms with Gasteiger partial charge in [0.15, 0.2) is 5.75 Å². The molecule has 132 valence electrons. The molecule has 0 aromatic heterocycles. The van der Waals surface area contributed by atoms with Gasteiger partial charge in [0.1, 0.15) is 5.82 Å². The molecule has 0 unspecified atom stereocenters. The Morgan fingerprint density at radius 3 is 2.76 bits per heavy atom. The molecule has 0 heterocycles. The van der Waals surface area contributed by atoms with Gasteiger partial charge >= 0.3 is 5.69 Å². The molecule has 0 fully saturated rings. The first kappa shape index (κ1) is 18.7. The van der Waals surface area contributed by atoms with Crippen LogP contribution in [0.4, 0.5) is 10.1 Å². The quantitative estimate of drug-likeness (QED) is 0.574. The lowest BCUT2D eigenvalue weighted by Crippen LogP contribution is -2.25. The molecule has 0 saturated carbocycles. The van der Waals surface area contributed by atoms with Crippen LogP contribution >= 0.6 is 11.8 Å². The van der Waals surface area contributed by atoms with E-state index in [0.29, 0.717) is 11.3 Å². The molecular weight excluding hydrogens is 347 g/mol. The van der Waals surface area contributed by atoms with Gasteiger partial charge in [0, 0.05) is 23.9 Å². The average molecular weight is 364 g/mol. The summed E-state index contributed by atoms with van der Waals surface area (Å²) >= 11 is 1.32. The summed E-state index contributed by atoms with van der Waals surface area (Å²) in [6.45, 7) is 0.125. The number of methoxy groups -OCH3 is 1. The molecule has 0 spiro atoms. The van der Waals surface area contributed by atoms with Crippen LogP contribution in [-0.2, 0) is 17.1 Å². The molecule has 2 aromatic carbocycles. The van der Waals surface area contributed by atoms with Crippen LogP contribution in [0.1, 0.15) is 11.1 Å². The van der Waals surface area contributed by atoms with E-state index in [1.807, 2.05) is 0 Å². The van der Waals surface area contributed by atoms with Gasteiger partial charge in [-0.1, -0.05) is 24.3 Å². The molecular formula is C17H17FN2O4S. The number of ether oxygens (including phenoxy) is 1. The van der Waals surface area contributed by atoms with Gasteiger partial charge in [-0.05, 0) is 17.7 Å². The zero-order chi connectivity index (χ0) is 18.2. The second-order valence-electron chi connectivity index (χ2n) is 5.12. The summed E-state index contributed by atoms with van der Waals surface area (Å²) in [5, 5.41) is 13.6. The van der Waals surface area contributed by atoms with Gasteiger partial charge in [-0.15, -0.1) is 11.8 Å². The van der Waals surface area contributed by atoms with Crippen molar-refractivity contribution in [2.24, 2.45) is 0 Å². The lowest BCUT2D eigenvalue weighted by Gasteiger charge is -2.07. The SMILES string of the molecule is COc1ccc(CSCC(=O)NCc2ccccc2F)cc1[N+](=O)[O-]. The Hall–Kier alpha value is -2.61. The second kappa shape index (κ2) is 9.03. The van der Waals surface area contributed by atoms with Crippen molar-refractivity contribution in [2.45, 2.75) is 12.3 Å². The van der Waals surface area contributed by atoms with E-state index >= 15 is 0 Å². The highest BCUT2D eigenvalue weighted by Crippen LogP contribution is 2.28. The van der Waals surface area contributed by atoms with Crippen molar-refractivity contribution in [3.8, 4) is 5.75 Å². The van der Waals surface area contributed by atoms with Gasteiger partial charge in [0.2, 0.25) is 5.91 Å². The van der Waals surface area contributed by atoms with Gasteiger partial charge in [-0.3, -0.25) is 14.9 Å². The van der Waals surface area contributed by atoms with Crippen molar-refractivity contribution in [3.05, 3.63) is 69.5 Å². The minimum Gasteiger partial charge on any atom is -0.490 e. The van der Waals surface area contributed by atoms with Gasteiger partial charge in [-0.2, -0.15) is 0 Å². The van der Waals surface area contributed by atoms with E-state index in [4.69, 9.17) is 4.74 Å². The summed E-state index contributed by atoms with van der Waals surface area (Å²) in [7, 11) is 1.37. The number of rotatable bonds is 8. The Morgan fingerprint density at radius 1 is 1.32 bits per heavy atom. The van der Waals surface area contributed by atoms with Crippen LogP contribution in [0, 0.1) is 15.9 Å². The van der Waals surface area contributed by atoms with E-state index in [1.54, 1.807) is 24.3 Å². The number of nitrogens with zero attached hydrogens (tertiary/aromatic N) is 1. The van der Waals surface area contributed by atoms with Crippen molar-refractivity contribution < 1.29 is 18.8 Å². The number of benzene rings is 2. The van der Waals surface area contributed by atoms with Crippen molar-refractivity contribution in [2.75, 3.05) is 12.9 Å². The Morgan fingerprint density at radius 2 is 2.08 bits per heavy atom. The normalized spacial score (nSPS) is 10.3. The van der Waals surface area contributed by atoms with Gasteiger partial charge in [0.05, 0.1) is 17.8 Å². The van der Waals surface area contributed by atoms with Gasteiger partial charge < -0.3 is 10.1 Å². The van der Waals surface area contributed by atoms with Gasteiger partial charge in [-0.25, -0.2) is 4.39 Å². The molecule has 1 N–H and O–H groups in total. The lowest BCUT2D eigenvalue weighted by atomic mass is 10.2. The van der Waals surface area contributed by atoms with Crippen LogP contribution in [0.15, 0.2) is 42.5 Å². The predicted molar refractivity (Wildman–Crippen MR) is 94.1 cm³/mol. The molecule has 6 nitrogen and oxygen atoms in total. The summed E-state index contributed by atoms with van der Waals surface area (Å²) in [6, 6.07) is 10.9. The number of nitro benzene ring substituents is 1. The molecule has 0 aliphatic heterocycles. The van der Waals surface area contributed by atoms with Crippen molar-refractivity contribution in [1.29, 1.82) is 0 Å². The maximum absolute atomic E-state index is 13.5. The fourth-order valence-electron chi connectivity index (χ4n) is 2.12. The van der Waals surface area contributed by atoms with E-state index < -0.39 is 4.92 Å². The largest absolute Gasteiger partial charge is 0.490 e. The van der Waals surface area contributed by atoms with Crippen LogP contribution < -0.4 is 10.1 Å². The van der Waals surface area contributed by atoms with E-state index in [-0.39, 0.29) is 35.5 Å². The average Bonchev–Trinajstić information content (AvgIpc) is 2.61. The zero-order valence-electron chi connectivity index (χ0n) is 13.5. The van der Waals surface area contributed by atoms with Crippen LogP contribution in [0.25, 0.3) is 0 Å². The third kappa shape index (κ3) is 5.46. The van der Waals surface area contributed by atoms with Crippen LogP contribution in [0.3, 0.4) is 0 Å². The minimum atomic E-state index is -0.506. The third-order valence-corrected chi connectivity index (χ3v) is 4.38. The highest BCUT2D eigenvalue weighted by Gasteiger charge is 2.15. The molecule has 1 amide bonds. The monoisotopic (exact) mass is 364 g/mol. The summed E-state index contributed by atoms with van der Waals surface area (Å²) in [4.78, 5) is 22.3. The van der Waals surface area contributed by atoms with Crippen LogP contribution in [0.5, 0.6) is 5.75 Å². The zero-order valence-corrected chi connectivity index (χ0v) is 14.3. The Bertz CT molecular complexity index is 770. The molecule has 0 aliphatic rings. The summed E-state index contributed by atoms with van der Waals surface area (Å²) in [6.07, 6.45) is 0. The first-order chi connectivity index (χ1) is 12.0. The number of nitro groups is 1. The minimum absolute atomic E-state index is 0.107. The summed E-state index contributed by atoms with van der Waals surface area (Å²) in [5.41, 5.74) is 1.04. The number of halogens is 1. The Balaban J connectivity index is 1.82. The molecule has 2 rings (SSSR count). The van der Waals surface area contributed by atoms with E-state index in [0.717, 1.165) is 5.56 Å². The van der Waals surface area contributed by atoms with E-state index in [9.17, 15) is 19.3 Å². The second-order valence-corrected chi connectivity index (χ2v) is 6.11. The number of carbonyl (C=O) groups is 1. The van der Waals surface area contributed by atoms with E-state index in [1.165, 1.54) is 37.1 Å². The number of amides is 1.